The lowest BCUT2D eigenvalue weighted by atomic mass is 10.1. The van der Waals surface area contributed by atoms with Gasteiger partial charge in [0.15, 0.2) is 0 Å². The Balaban J connectivity index is 2.05. The zero-order valence-electron chi connectivity index (χ0n) is 8.79. The smallest absolute Gasteiger partial charge is 0.0326 e. The summed E-state index contributed by atoms with van der Waals surface area (Å²) in [5, 5.41) is 3.47. The Bertz CT molecular complexity index is 390. The maximum absolute atomic E-state index is 5.75. The molecule has 3 N–H and O–H groups in total. The van der Waals surface area contributed by atoms with Crippen LogP contribution in [0, 0.1) is 12.3 Å². The van der Waals surface area contributed by atoms with E-state index in [1.165, 1.54) is 11.1 Å². The van der Waals surface area contributed by atoms with Gasteiger partial charge in [-0.25, -0.2) is 0 Å². The largest absolute Gasteiger partial charge is 0.399 e. The van der Waals surface area contributed by atoms with Gasteiger partial charge in [-0.2, -0.15) is 0 Å². The van der Waals surface area contributed by atoms with Crippen molar-refractivity contribution >= 4 is 5.69 Å². The standard InChI is InChI=1S/C13H16N2/c1-2-3-8-15-13-7-4-10-9-11(14)5-6-12(10)13/h1,5-6,9,13,15H,3-4,7-8,14H2. The van der Waals surface area contributed by atoms with Crippen LogP contribution < -0.4 is 11.1 Å². The van der Waals surface area contributed by atoms with Crippen LogP contribution in [0.5, 0.6) is 0 Å². The van der Waals surface area contributed by atoms with Crippen LogP contribution in [0.1, 0.15) is 30.0 Å². The highest BCUT2D eigenvalue weighted by Gasteiger charge is 2.21. The third-order valence-corrected chi connectivity index (χ3v) is 2.90. The number of rotatable bonds is 3. The summed E-state index contributed by atoms with van der Waals surface area (Å²) in [6.07, 6.45) is 8.29. The second-order valence-corrected chi connectivity index (χ2v) is 3.96. The number of nitrogens with one attached hydrogen (secondary N) is 1. The minimum absolute atomic E-state index is 0.467. The Morgan fingerprint density at radius 1 is 1.53 bits per heavy atom. The van der Waals surface area contributed by atoms with Crippen molar-refractivity contribution in [2.75, 3.05) is 12.3 Å². The Morgan fingerprint density at radius 3 is 3.20 bits per heavy atom. The van der Waals surface area contributed by atoms with E-state index in [0.29, 0.717) is 6.04 Å². The van der Waals surface area contributed by atoms with Crippen LogP contribution in [0.25, 0.3) is 0 Å². The second kappa shape index (κ2) is 4.37. The third-order valence-electron chi connectivity index (χ3n) is 2.90. The van der Waals surface area contributed by atoms with Crippen LogP contribution in [-0.4, -0.2) is 6.54 Å². The van der Waals surface area contributed by atoms with E-state index in [0.717, 1.165) is 31.5 Å². The van der Waals surface area contributed by atoms with E-state index in [4.69, 9.17) is 12.2 Å². The van der Waals surface area contributed by atoms with E-state index in [-0.39, 0.29) is 0 Å². The molecule has 2 rings (SSSR count). The predicted octanol–water partition coefficient (Wildman–Crippen LogP) is 1.87. The van der Waals surface area contributed by atoms with Crippen molar-refractivity contribution in [2.24, 2.45) is 0 Å². The van der Waals surface area contributed by atoms with Gasteiger partial charge in [-0.1, -0.05) is 6.07 Å². The minimum atomic E-state index is 0.467. The molecule has 0 bridgehead atoms. The van der Waals surface area contributed by atoms with Crippen LogP contribution in [0.4, 0.5) is 5.69 Å². The molecule has 78 valence electrons. The fourth-order valence-electron chi connectivity index (χ4n) is 2.17. The van der Waals surface area contributed by atoms with Crippen LogP contribution >= 0.6 is 0 Å². The van der Waals surface area contributed by atoms with E-state index in [1.807, 2.05) is 6.07 Å². The van der Waals surface area contributed by atoms with Crippen molar-refractivity contribution < 1.29 is 0 Å². The normalized spacial score (nSPS) is 18.5. The average molecular weight is 200 g/mol. The fourth-order valence-corrected chi connectivity index (χ4v) is 2.17. The zero-order valence-corrected chi connectivity index (χ0v) is 8.79. The summed E-state index contributed by atoms with van der Waals surface area (Å²) in [7, 11) is 0. The number of hydrogen-bond donors (Lipinski definition) is 2. The number of hydrogen-bond acceptors (Lipinski definition) is 2. The van der Waals surface area contributed by atoms with Gasteiger partial charge in [0, 0.05) is 24.7 Å². The Hall–Kier alpha value is -1.46. The minimum Gasteiger partial charge on any atom is -0.399 e. The molecular weight excluding hydrogens is 184 g/mol. The number of anilines is 1. The maximum atomic E-state index is 5.75. The maximum Gasteiger partial charge on any atom is 0.0326 e. The first-order valence-electron chi connectivity index (χ1n) is 5.36. The first-order valence-corrected chi connectivity index (χ1v) is 5.36. The predicted molar refractivity (Wildman–Crippen MR) is 63.4 cm³/mol. The number of benzene rings is 1. The lowest BCUT2D eigenvalue weighted by Crippen LogP contribution is -2.20. The Labute approximate surface area is 90.9 Å². The first-order chi connectivity index (χ1) is 7.31. The van der Waals surface area contributed by atoms with Crippen molar-refractivity contribution in [1.82, 2.24) is 5.32 Å². The van der Waals surface area contributed by atoms with Crippen molar-refractivity contribution in [3.63, 3.8) is 0 Å². The molecule has 1 aliphatic carbocycles. The van der Waals surface area contributed by atoms with E-state index >= 15 is 0 Å². The quantitative estimate of drug-likeness (QED) is 0.444. The Morgan fingerprint density at radius 2 is 2.40 bits per heavy atom. The highest BCUT2D eigenvalue weighted by atomic mass is 14.9. The lowest BCUT2D eigenvalue weighted by molar-refractivity contribution is 0.539. The molecule has 0 amide bonds. The SMILES string of the molecule is C#CCCNC1CCc2cc(N)ccc21. The summed E-state index contributed by atoms with van der Waals surface area (Å²) in [6.45, 7) is 0.894. The molecule has 2 nitrogen and oxygen atoms in total. The molecule has 0 saturated heterocycles. The summed E-state index contributed by atoms with van der Waals surface area (Å²) in [5.41, 5.74) is 9.38. The zero-order chi connectivity index (χ0) is 10.7. The van der Waals surface area contributed by atoms with Gasteiger partial charge in [-0.05, 0) is 36.1 Å². The van der Waals surface area contributed by atoms with Crippen molar-refractivity contribution in [3.8, 4) is 12.3 Å². The van der Waals surface area contributed by atoms with E-state index in [9.17, 15) is 0 Å². The molecule has 0 aliphatic heterocycles. The third kappa shape index (κ3) is 2.14. The number of nitrogen functional groups attached to an aromatic ring is 1. The highest BCUT2D eigenvalue weighted by Crippen LogP contribution is 2.32. The molecule has 0 heterocycles. The lowest BCUT2D eigenvalue weighted by Gasteiger charge is -2.12. The number of nitrogens with two attached hydrogens (primary N) is 1. The first kappa shape index (κ1) is 10.1. The molecule has 0 aromatic heterocycles. The summed E-state index contributed by atoms with van der Waals surface area (Å²) in [6, 6.07) is 6.65. The van der Waals surface area contributed by atoms with E-state index in [1.54, 1.807) is 0 Å². The molecule has 2 heteroatoms. The molecule has 1 aromatic carbocycles. The van der Waals surface area contributed by atoms with Crippen molar-refractivity contribution in [3.05, 3.63) is 29.3 Å². The summed E-state index contributed by atoms with van der Waals surface area (Å²) in [5.74, 6) is 2.64. The summed E-state index contributed by atoms with van der Waals surface area (Å²) in [4.78, 5) is 0. The van der Waals surface area contributed by atoms with Crippen molar-refractivity contribution in [1.29, 1.82) is 0 Å². The molecule has 0 saturated carbocycles. The average Bonchev–Trinajstić information content (AvgIpc) is 2.61. The molecule has 1 aliphatic rings. The monoisotopic (exact) mass is 200 g/mol. The summed E-state index contributed by atoms with van der Waals surface area (Å²) >= 11 is 0. The van der Waals surface area contributed by atoms with Gasteiger partial charge in [0.1, 0.15) is 0 Å². The number of terminal acetylenes is 1. The van der Waals surface area contributed by atoms with Crippen molar-refractivity contribution in [2.45, 2.75) is 25.3 Å². The number of aryl methyl sites for hydroxylation is 1. The van der Waals surface area contributed by atoms with Gasteiger partial charge in [-0.3, -0.25) is 0 Å². The van der Waals surface area contributed by atoms with Gasteiger partial charge in [0.2, 0.25) is 0 Å². The van der Waals surface area contributed by atoms with Gasteiger partial charge >= 0.3 is 0 Å². The highest BCUT2D eigenvalue weighted by molar-refractivity contribution is 5.47. The molecule has 0 fully saturated rings. The molecule has 0 spiro atoms. The molecule has 0 radical (unpaired) electrons. The molecular formula is C13H16N2. The molecule has 1 aromatic rings. The van der Waals surface area contributed by atoms with Gasteiger partial charge in [-0.15, -0.1) is 12.3 Å². The van der Waals surface area contributed by atoms with Gasteiger partial charge in [0.05, 0.1) is 0 Å². The van der Waals surface area contributed by atoms with E-state index < -0.39 is 0 Å². The molecule has 15 heavy (non-hydrogen) atoms. The van der Waals surface area contributed by atoms with Crippen LogP contribution in [0.3, 0.4) is 0 Å². The van der Waals surface area contributed by atoms with Crippen LogP contribution in [0.15, 0.2) is 18.2 Å². The van der Waals surface area contributed by atoms with Gasteiger partial charge in [0.25, 0.3) is 0 Å². The molecule has 1 unspecified atom stereocenters. The Kier molecular flexibility index (Phi) is 2.94. The molecule has 1 atom stereocenters. The van der Waals surface area contributed by atoms with Gasteiger partial charge < -0.3 is 11.1 Å². The second-order valence-electron chi connectivity index (χ2n) is 3.96. The summed E-state index contributed by atoms with van der Waals surface area (Å²) < 4.78 is 0. The van der Waals surface area contributed by atoms with Crippen LogP contribution in [-0.2, 0) is 6.42 Å². The van der Waals surface area contributed by atoms with E-state index in [2.05, 4.69) is 23.4 Å². The fraction of sp³-hybridized carbons (Fsp3) is 0.385. The van der Waals surface area contributed by atoms with Crippen LogP contribution in [0.2, 0.25) is 0 Å². The number of fused-ring (bicyclic) bond motifs is 1. The topological polar surface area (TPSA) is 38.0 Å².